The molecule has 0 bridgehead atoms. The fourth-order valence-corrected chi connectivity index (χ4v) is 1.31. The summed E-state index contributed by atoms with van der Waals surface area (Å²) in [7, 11) is 0. The number of carbonyl (C=O) groups is 1. The molecule has 1 rings (SSSR count). The Labute approximate surface area is 83.0 Å². The van der Waals surface area contributed by atoms with Gasteiger partial charge in [0, 0.05) is 5.69 Å². The molecule has 0 aliphatic heterocycles. The lowest BCUT2D eigenvalue weighted by molar-refractivity contribution is -0.117. The molecule has 0 heterocycles. The van der Waals surface area contributed by atoms with E-state index in [9.17, 15) is 9.18 Å². The largest absolute Gasteiger partial charge is 0.398 e. The first-order valence-electron chi connectivity index (χ1n) is 3.52. The molecule has 1 amide bonds. The second kappa shape index (κ2) is 3.74. The molecule has 0 saturated carbocycles. The normalized spacial score (nSPS) is 10.0. The predicted molar refractivity (Wildman–Crippen MR) is 51.4 cm³/mol. The number of nitrogens with two attached hydrogens (primary N) is 2. The Balaban J connectivity index is 3.08. The van der Waals surface area contributed by atoms with Gasteiger partial charge in [-0.1, -0.05) is 0 Å². The van der Waals surface area contributed by atoms with E-state index in [1.807, 2.05) is 0 Å². The fraction of sp³-hybridized carbons (Fsp3) is 0.125. The monoisotopic (exact) mass is 246 g/mol. The van der Waals surface area contributed by atoms with E-state index in [1.54, 1.807) is 0 Å². The highest BCUT2D eigenvalue weighted by atomic mass is 79.9. The van der Waals surface area contributed by atoms with Crippen LogP contribution in [0.15, 0.2) is 16.6 Å². The third kappa shape index (κ3) is 2.42. The van der Waals surface area contributed by atoms with Crippen molar-refractivity contribution in [2.24, 2.45) is 5.73 Å². The summed E-state index contributed by atoms with van der Waals surface area (Å²) in [6, 6.07) is 2.61. The average molecular weight is 247 g/mol. The van der Waals surface area contributed by atoms with Gasteiger partial charge < -0.3 is 11.5 Å². The zero-order valence-corrected chi connectivity index (χ0v) is 8.27. The highest BCUT2D eigenvalue weighted by Crippen LogP contribution is 2.22. The molecule has 0 radical (unpaired) electrons. The van der Waals surface area contributed by atoms with E-state index < -0.39 is 11.7 Å². The predicted octanol–water partition coefficient (Wildman–Crippen LogP) is 1.20. The molecule has 1 aromatic carbocycles. The molecular formula is C8H8BrFN2O. The summed E-state index contributed by atoms with van der Waals surface area (Å²) in [5.41, 5.74) is 11.3. The summed E-state index contributed by atoms with van der Waals surface area (Å²) >= 11 is 2.98. The molecule has 0 aromatic heterocycles. The Morgan fingerprint density at radius 3 is 2.69 bits per heavy atom. The summed E-state index contributed by atoms with van der Waals surface area (Å²) < 4.78 is 13.2. The van der Waals surface area contributed by atoms with Gasteiger partial charge in [0.05, 0.1) is 10.9 Å². The van der Waals surface area contributed by atoms with Gasteiger partial charge in [-0.25, -0.2) is 4.39 Å². The van der Waals surface area contributed by atoms with Crippen LogP contribution in [0.2, 0.25) is 0 Å². The number of primary amides is 1. The van der Waals surface area contributed by atoms with Crippen molar-refractivity contribution < 1.29 is 9.18 Å². The highest BCUT2D eigenvalue weighted by molar-refractivity contribution is 9.10. The number of carbonyl (C=O) groups excluding carboxylic acids is 1. The third-order valence-corrected chi connectivity index (χ3v) is 2.15. The van der Waals surface area contributed by atoms with E-state index in [1.165, 1.54) is 12.1 Å². The van der Waals surface area contributed by atoms with Gasteiger partial charge in [0.1, 0.15) is 5.82 Å². The number of benzene rings is 1. The first-order valence-corrected chi connectivity index (χ1v) is 4.31. The van der Waals surface area contributed by atoms with E-state index in [2.05, 4.69) is 15.9 Å². The van der Waals surface area contributed by atoms with Crippen molar-refractivity contribution >= 4 is 27.5 Å². The summed E-state index contributed by atoms with van der Waals surface area (Å²) in [4.78, 5) is 10.5. The van der Waals surface area contributed by atoms with Crippen LogP contribution in [-0.2, 0) is 11.2 Å². The minimum Gasteiger partial charge on any atom is -0.398 e. The van der Waals surface area contributed by atoms with Crippen LogP contribution in [0.5, 0.6) is 0 Å². The Morgan fingerprint density at radius 1 is 1.54 bits per heavy atom. The first kappa shape index (κ1) is 9.98. The fourth-order valence-electron chi connectivity index (χ4n) is 0.944. The number of hydrogen-bond acceptors (Lipinski definition) is 2. The second-order valence-electron chi connectivity index (χ2n) is 2.61. The molecule has 3 nitrogen and oxygen atoms in total. The second-order valence-corrected chi connectivity index (χ2v) is 3.46. The lowest BCUT2D eigenvalue weighted by Gasteiger charge is -2.04. The highest BCUT2D eigenvalue weighted by Gasteiger charge is 2.07. The average Bonchev–Trinajstić information content (AvgIpc) is 1.99. The molecule has 1 aromatic rings. The standard InChI is InChI=1S/C8H8BrFN2O/c9-5-3-7(11)4(1-6(5)10)2-8(12)13/h1,3H,2,11H2,(H2,12,13). The Kier molecular flexibility index (Phi) is 2.87. The van der Waals surface area contributed by atoms with Crippen molar-refractivity contribution in [3.63, 3.8) is 0 Å². The summed E-state index contributed by atoms with van der Waals surface area (Å²) in [5, 5.41) is 0. The van der Waals surface area contributed by atoms with E-state index in [-0.39, 0.29) is 10.9 Å². The molecule has 0 atom stereocenters. The number of amides is 1. The zero-order chi connectivity index (χ0) is 10.0. The lowest BCUT2D eigenvalue weighted by atomic mass is 10.1. The van der Waals surface area contributed by atoms with Gasteiger partial charge in [0.15, 0.2) is 0 Å². The Hall–Kier alpha value is -1.10. The van der Waals surface area contributed by atoms with Crippen molar-refractivity contribution in [3.8, 4) is 0 Å². The molecule has 0 fully saturated rings. The van der Waals surface area contributed by atoms with Gasteiger partial charge in [-0.15, -0.1) is 0 Å². The van der Waals surface area contributed by atoms with Crippen LogP contribution in [0.4, 0.5) is 10.1 Å². The maximum Gasteiger partial charge on any atom is 0.221 e. The molecule has 0 aliphatic rings. The minimum atomic E-state index is -0.534. The quantitative estimate of drug-likeness (QED) is 0.771. The van der Waals surface area contributed by atoms with Crippen molar-refractivity contribution in [2.75, 3.05) is 5.73 Å². The maximum absolute atomic E-state index is 13.0. The molecule has 13 heavy (non-hydrogen) atoms. The summed E-state index contributed by atoms with van der Waals surface area (Å²) in [6.45, 7) is 0. The Bertz CT molecular complexity index is 354. The van der Waals surface area contributed by atoms with Crippen LogP contribution in [0.3, 0.4) is 0 Å². The van der Waals surface area contributed by atoms with E-state index >= 15 is 0 Å². The number of nitrogen functional groups attached to an aromatic ring is 1. The van der Waals surface area contributed by atoms with E-state index in [0.29, 0.717) is 11.3 Å². The number of halogens is 2. The smallest absolute Gasteiger partial charge is 0.221 e. The number of rotatable bonds is 2. The molecular weight excluding hydrogens is 239 g/mol. The van der Waals surface area contributed by atoms with Crippen LogP contribution in [0.1, 0.15) is 5.56 Å². The van der Waals surface area contributed by atoms with Gasteiger partial charge in [0.25, 0.3) is 0 Å². The van der Waals surface area contributed by atoms with Crippen LogP contribution in [0.25, 0.3) is 0 Å². The van der Waals surface area contributed by atoms with Gasteiger partial charge in [-0.2, -0.15) is 0 Å². The number of anilines is 1. The van der Waals surface area contributed by atoms with Gasteiger partial charge in [0.2, 0.25) is 5.91 Å². The molecule has 5 heteroatoms. The van der Waals surface area contributed by atoms with Crippen molar-refractivity contribution in [2.45, 2.75) is 6.42 Å². The summed E-state index contributed by atoms with van der Waals surface area (Å²) in [6.07, 6.45) is -0.0456. The molecule has 0 aliphatic carbocycles. The van der Waals surface area contributed by atoms with Crippen LogP contribution in [-0.4, -0.2) is 5.91 Å². The Morgan fingerprint density at radius 2 is 2.15 bits per heavy atom. The number of hydrogen-bond donors (Lipinski definition) is 2. The van der Waals surface area contributed by atoms with Crippen LogP contribution < -0.4 is 11.5 Å². The molecule has 0 unspecified atom stereocenters. The van der Waals surface area contributed by atoms with Crippen molar-refractivity contribution in [1.29, 1.82) is 0 Å². The van der Waals surface area contributed by atoms with Crippen LogP contribution >= 0.6 is 15.9 Å². The zero-order valence-electron chi connectivity index (χ0n) is 6.68. The van der Waals surface area contributed by atoms with Crippen molar-refractivity contribution in [3.05, 3.63) is 28.0 Å². The van der Waals surface area contributed by atoms with Gasteiger partial charge in [-0.05, 0) is 33.6 Å². The van der Waals surface area contributed by atoms with E-state index in [0.717, 1.165) is 0 Å². The molecule has 0 saturated heterocycles. The third-order valence-electron chi connectivity index (χ3n) is 1.55. The molecule has 70 valence electrons. The molecule has 4 N–H and O–H groups in total. The molecule has 0 spiro atoms. The van der Waals surface area contributed by atoms with Gasteiger partial charge >= 0.3 is 0 Å². The maximum atomic E-state index is 13.0. The first-order chi connectivity index (χ1) is 6.00. The van der Waals surface area contributed by atoms with Crippen LogP contribution in [0, 0.1) is 5.82 Å². The lowest BCUT2D eigenvalue weighted by Crippen LogP contribution is -2.15. The SMILES string of the molecule is NC(=O)Cc1cc(F)c(Br)cc1N. The van der Waals surface area contributed by atoms with Gasteiger partial charge in [-0.3, -0.25) is 4.79 Å². The topological polar surface area (TPSA) is 69.1 Å². The van der Waals surface area contributed by atoms with E-state index in [4.69, 9.17) is 11.5 Å². The minimum absolute atomic E-state index is 0.0456. The summed E-state index contributed by atoms with van der Waals surface area (Å²) in [5.74, 6) is -0.987. The van der Waals surface area contributed by atoms with Crippen molar-refractivity contribution in [1.82, 2.24) is 0 Å².